The highest BCUT2D eigenvalue weighted by molar-refractivity contribution is 6.39. The Hall–Kier alpha value is -3.57. The van der Waals surface area contributed by atoms with Crippen LogP contribution in [-0.4, -0.2) is 39.7 Å². The van der Waals surface area contributed by atoms with Crippen LogP contribution in [0.4, 0.5) is 10.2 Å². The Balaban J connectivity index is 1.76. The number of fused-ring (bicyclic) bond motifs is 2. The maximum absolute atomic E-state index is 14.0. The summed E-state index contributed by atoms with van der Waals surface area (Å²) in [4.78, 5) is 32.6. The lowest BCUT2D eigenvalue weighted by Gasteiger charge is -2.21. The largest absolute Gasteiger partial charge is 0.358 e. The molecule has 3 N–H and O–H groups in total. The maximum atomic E-state index is 14.0. The lowest BCUT2D eigenvalue weighted by atomic mass is 10.1. The van der Waals surface area contributed by atoms with Gasteiger partial charge in [0.15, 0.2) is 11.5 Å². The standard InChI is InChI=1S/C19H14Cl2FN9O/c1-2-10(26-16-14-15(24-7-23-14)28-19(22)29-16)17-27-13-9(21)4-3-8(20)12(13)18(32)31(17)11-5-6-25-30-11/h3-7,10H,2H2,1H3,(H,25,30)(H2,23,24,26,28,29). The number of hydrogen-bond acceptors (Lipinski definition) is 7. The summed E-state index contributed by atoms with van der Waals surface area (Å²) in [6.45, 7) is 1.88. The molecule has 0 saturated heterocycles. The van der Waals surface area contributed by atoms with E-state index in [1.807, 2.05) is 6.92 Å². The number of H-pyrrole nitrogens is 2. The van der Waals surface area contributed by atoms with Gasteiger partial charge in [0.1, 0.15) is 17.2 Å². The summed E-state index contributed by atoms with van der Waals surface area (Å²) >= 11 is 12.7. The number of hydrogen-bond donors (Lipinski definition) is 3. The lowest BCUT2D eigenvalue weighted by molar-refractivity contribution is 0.543. The molecule has 0 spiro atoms. The van der Waals surface area contributed by atoms with Gasteiger partial charge in [-0.3, -0.25) is 9.89 Å². The highest BCUT2D eigenvalue weighted by Gasteiger charge is 2.24. The maximum Gasteiger partial charge on any atom is 0.312 e. The van der Waals surface area contributed by atoms with Gasteiger partial charge in [0.2, 0.25) is 0 Å². The summed E-state index contributed by atoms with van der Waals surface area (Å²) in [5.74, 6) is 0.876. The van der Waals surface area contributed by atoms with Crippen molar-refractivity contribution in [2.45, 2.75) is 19.4 Å². The highest BCUT2D eigenvalue weighted by Crippen LogP contribution is 2.30. The van der Waals surface area contributed by atoms with Gasteiger partial charge in [-0.2, -0.15) is 19.5 Å². The van der Waals surface area contributed by atoms with Gasteiger partial charge < -0.3 is 10.3 Å². The van der Waals surface area contributed by atoms with E-state index < -0.39 is 17.7 Å². The first-order valence-electron chi connectivity index (χ1n) is 9.51. The molecule has 4 aromatic heterocycles. The minimum absolute atomic E-state index is 0.169. The molecule has 162 valence electrons. The molecule has 0 aliphatic heterocycles. The average molecular weight is 474 g/mol. The first-order chi connectivity index (χ1) is 15.5. The number of rotatable bonds is 5. The number of nitrogens with zero attached hydrogens (tertiary/aromatic N) is 6. The van der Waals surface area contributed by atoms with Crippen LogP contribution in [0.1, 0.15) is 25.2 Å². The van der Waals surface area contributed by atoms with Crippen LogP contribution in [0.15, 0.2) is 35.5 Å². The minimum atomic E-state index is -0.936. The van der Waals surface area contributed by atoms with Crippen molar-refractivity contribution in [3.8, 4) is 5.82 Å². The molecule has 0 aliphatic carbocycles. The van der Waals surface area contributed by atoms with Gasteiger partial charge >= 0.3 is 6.08 Å². The zero-order valence-corrected chi connectivity index (χ0v) is 17.9. The van der Waals surface area contributed by atoms with Crippen molar-refractivity contribution in [2.24, 2.45) is 0 Å². The predicted octanol–water partition coefficient (Wildman–Crippen LogP) is 3.78. The van der Waals surface area contributed by atoms with Crippen LogP contribution in [0.3, 0.4) is 0 Å². The fourth-order valence-corrected chi connectivity index (χ4v) is 3.93. The predicted molar refractivity (Wildman–Crippen MR) is 118 cm³/mol. The number of benzene rings is 1. The normalized spacial score (nSPS) is 12.5. The molecule has 0 radical (unpaired) electrons. The first-order valence-corrected chi connectivity index (χ1v) is 10.3. The van der Waals surface area contributed by atoms with E-state index in [2.05, 4.69) is 40.4 Å². The fourth-order valence-electron chi connectivity index (χ4n) is 3.50. The summed E-state index contributed by atoms with van der Waals surface area (Å²) in [7, 11) is 0. The molecule has 5 rings (SSSR count). The van der Waals surface area contributed by atoms with E-state index in [9.17, 15) is 9.18 Å². The Bertz CT molecular complexity index is 1510. The molecule has 13 heteroatoms. The number of imidazole rings is 1. The molecule has 0 aliphatic rings. The number of halogens is 3. The summed E-state index contributed by atoms with van der Waals surface area (Å²) in [5.41, 5.74) is 0.419. The third-order valence-electron chi connectivity index (χ3n) is 4.97. The second kappa shape index (κ2) is 7.84. The zero-order valence-electron chi connectivity index (χ0n) is 16.4. The molecule has 32 heavy (non-hydrogen) atoms. The molecule has 0 bridgehead atoms. The third kappa shape index (κ3) is 3.26. The molecule has 0 fully saturated rings. The van der Waals surface area contributed by atoms with E-state index in [0.717, 1.165) is 0 Å². The smallest absolute Gasteiger partial charge is 0.312 e. The molecule has 1 atom stereocenters. The zero-order chi connectivity index (χ0) is 22.4. The van der Waals surface area contributed by atoms with E-state index in [-0.39, 0.29) is 32.4 Å². The fraction of sp³-hybridized carbons (Fsp3) is 0.158. The van der Waals surface area contributed by atoms with Crippen LogP contribution < -0.4 is 10.9 Å². The van der Waals surface area contributed by atoms with Gasteiger partial charge in [-0.05, 0) is 18.6 Å². The molecular formula is C19H14Cl2FN9O. The number of aromatic nitrogens is 8. The molecule has 0 amide bonds. The minimum Gasteiger partial charge on any atom is -0.358 e. The van der Waals surface area contributed by atoms with E-state index in [0.29, 0.717) is 23.6 Å². The van der Waals surface area contributed by atoms with Gasteiger partial charge in [-0.25, -0.2) is 14.5 Å². The molecule has 1 aromatic carbocycles. The Morgan fingerprint density at radius 3 is 2.75 bits per heavy atom. The number of aromatic amines is 2. The summed E-state index contributed by atoms with van der Waals surface area (Å²) in [6.07, 6.45) is 2.43. The lowest BCUT2D eigenvalue weighted by Crippen LogP contribution is -2.29. The molecule has 10 nitrogen and oxygen atoms in total. The van der Waals surface area contributed by atoms with Crippen molar-refractivity contribution in [3.05, 3.63) is 63.0 Å². The van der Waals surface area contributed by atoms with Gasteiger partial charge in [0, 0.05) is 6.07 Å². The molecule has 0 saturated carbocycles. The van der Waals surface area contributed by atoms with Crippen molar-refractivity contribution >= 4 is 51.1 Å². The summed E-state index contributed by atoms with van der Waals surface area (Å²) < 4.78 is 15.3. The molecule has 5 aromatic rings. The van der Waals surface area contributed by atoms with Crippen LogP contribution in [0.2, 0.25) is 10.0 Å². The second-order valence-electron chi connectivity index (χ2n) is 6.85. The molecular weight excluding hydrogens is 460 g/mol. The van der Waals surface area contributed by atoms with Crippen LogP contribution in [0, 0.1) is 6.08 Å². The van der Waals surface area contributed by atoms with Crippen molar-refractivity contribution in [3.63, 3.8) is 0 Å². The summed E-state index contributed by atoms with van der Waals surface area (Å²) in [5, 5.41) is 10.5. The van der Waals surface area contributed by atoms with Crippen molar-refractivity contribution < 1.29 is 4.39 Å². The first kappa shape index (κ1) is 20.3. The third-order valence-corrected chi connectivity index (χ3v) is 5.59. The topological polar surface area (TPSA) is 130 Å². The SMILES string of the molecule is CCC(Nc1nc(F)nc2nc[nH]c12)c1nc2c(Cl)ccc(Cl)c2c(=O)n1-c1ccn[nH]1. The average Bonchev–Trinajstić information content (AvgIpc) is 3.46. The van der Waals surface area contributed by atoms with E-state index in [4.69, 9.17) is 23.2 Å². The quantitative estimate of drug-likeness (QED) is 0.331. The van der Waals surface area contributed by atoms with Gasteiger partial charge in [0.05, 0.1) is 39.5 Å². The second-order valence-corrected chi connectivity index (χ2v) is 7.67. The summed E-state index contributed by atoms with van der Waals surface area (Å²) in [6, 6.07) is 4.17. The van der Waals surface area contributed by atoms with E-state index >= 15 is 0 Å². The van der Waals surface area contributed by atoms with Crippen LogP contribution in [0.5, 0.6) is 0 Å². The van der Waals surface area contributed by atoms with Gasteiger partial charge in [-0.15, -0.1) is 0 Å². The Labute approximate surface area is 188 Å². The van der Waals surface area contributed by atoms with E-state index in [1.54, 1.807) is 18.2 Å². The Morgan fingerprint density at radius 2 is 2.00 bits per heavy atom. The molecule has 4 heterocycles. The Morgan fingerprint density at radius 1 is 1.19 bits per heavy atom. The van der Waals surface area contributed by atoms with Crippen LogP contribution in [0.25, 0.3) is 27.9 Å². The van der Waals surface area contributed by atoms with Crippen LogP contribution in [-0.2, 0) is 0 Å². The van der Waals surface area contributed by atoms with Crippen molar-refractivity contribution in [1.29, 1.82) is 0 Å². The monoisotopic (exact) mass is 473 g/mol. The highest BCUT2D eigenvalue weighted by atomic mass is 35.5. The molecule has 1 unspecified atom stereocenters. The van der Waals surface area contributed by atoms with Crippen molar-refractivity contribution in [1.82, 2.24) is 39.7 Å². The van der Waals surface area contributed by atoms with Gasteiger partial charge in [0.25, 0.3) is 5.56 Å². The van der Waals surface area contributed by atoms with E-state index in [1.165, 1.54) is 17.1 Å². The van der Waals surface area contributed by atoms with Gasteiger partial charge in [-0.1, -0.05) is 30.1 Å². The van der Waals surface area contributed by atoms with Crippen molar-refractivity contribution in [2.75, 3.05) is 5.32 Å². The number of nitrogens with one attached hydrogen (secondary N) is 3. The Kier molecular flexibility index (Phi) is 4.98. The van der Waals surface area contributed by atoms with Crippen LogP contribution >= 0.6 is 23.2 Å². The number of anilines is 1.